The lowest BCUT2D eigenvalue weighted by atomic mass is 10.3. The largest absolute Gasteiger partial charge is 0.465 e. The molecule has 0 saturated carbocycles. The molecule has 1 N–H and O–H groups in total. The molecule has 1 aliphatic heterocycles. The smallest absolute Gasteiger partial charge is 0.407 e. The Morgan fingerprint density at radius 1 is 1.35 bits per heavy atom. The standard InChI is InChI=1S/C10H13ClN4O2/c1-7-6-8(11)13-9(12-7)14-2-4-15(5-3-14)10(16)17/h6H,2-5H2,1H3,(H,16,17). The number of amides is 1. The highest BCUT2D eigenvalue weighted by Crippen LogP contribution is 2.15. The molecule has 0 spiro atoms. The molecule has 0 radical (unpaired) electrons. The molecule has 1 aliphatic rings. The predicted molar refractivity (Wildman–Crippen MR) is 63.6 cm³/mol. The topological polar surface area (TPSA) is 69.6 Å². The Balaban J connectivity index is 2.07. The average molecular weight is 257 g/mol. The lowest BCUT2D eigenvalue weighted by molar-refractivity contribution is 0.142. The van der Waals surface area contributed by atoms with Crippen LogP contribution >= 0.6 is 11.6 Å². The van der Waals surface area contributed by atoms with E-state index in [0.717, 1.165) is 5.69 Å². The van der Waals surface area contributed by atoms with Gasteiger partial charge in [0.25, 0.3) is 0 Å². The van der Waals surface area contributed by atoms with Gasteiger partial charge in [0.2, 0.25) is 5.95 Å². The van der Waals surface area contributed by atoms with Crippen molar-refractivity contribution in [3.8, 4) is 0 Å². The number of halogens is 1. The molecule has 7 heteroatoms. The second kappa shape index (κ2) is 4.75. The van der Waals surface area contributed by atoms with Crippen LogP contribution in [0.4, 0.5) is 10.7 Å². The lowest BCUT2D eigenvalue weighted by Crippen LogP contribution is -2.48. The number of aromatic nitrogens is 2. The second-order valence-electron chi connectivity index (χ2n) is 3.89. The van der Waals surface area contributed by atoms with Gasteiger partial charge in [0.15, 0.2) is 0 Å². The van der Waals surface area contributed by atoms with Crippen LogP contribution in [0.2, 0.25) is 5.15 Å². The fourth-order valence-corrected chi connectivity index (χ4v) is 1.99. The van der Waals surface area contributed by atoms with Gasteiger partial charge in [0.05, 0.1) is 0 Å². The Bertz CT molecular complexity index is 412. The minimum absolute atomic E-state index is 0.410. The van der Waals surface area contributed by atoms with Crippen molar-refractivity contribution in [1.29, 1.82) is 0 Å². The average Bonchev–Trinajstić information content (AvgIpc) is 2.28. The molecule has 92 valence electrons. The number of nitrogens with zero attached hydrogens (tertiary/aromatic N) is 4. The summed E-state index contributed by atoms with van der Waals surface area (Å²) in [5.74, 6) is 0.569. The Labute approximate surface area is 104 Å². The molecule has 2 heterocycles. The van der Waals surface area contributed by atoms with Crippen LogP contribution in [0, 0.1) is 6.92 Å². The van der Waals surface area contributed by atoms with Crippen molar-refractivity contribution in [3.05, 3.63) is 16.9 Å². The molecule has 1 fully saturated rings. The summed E-state index contributed by atoms with van der Waals surface area (Å²) in [6.45, 7) is 3.96. The first-order valence-electron chi connectivity index (χ1n) is 5.30. The molecule has 0 unspecified atom stereocenters. The van der Waals surface area contributed by atoms with E-state index in [2.05, 4.69) is 9.97 Å². The Morgan fingerprint density at radius 3 is 2.53 bits per heavy atom. The van der Waals surface area contributed by atoms with E-state index in [1.165, 1.54) is 4.90 Å². The summed E-state index contributed by atoms with van der Waals surface area (Å²) >= 11 is 5.87. The van der Waals surface area contributed by atoms with E-state index in [9.17, 15) is 4.79 Å². The monoisotopic (exact) mass is 256 g/mol. The fourth-order valence-electron chi connectivity index (χ4n) is 1.75. The van der Waals surface area contributed by atoms with E-state index in [-0.39, 0.29) is 0 Å². The van der Waals surface area contributed by atoms with Crippen molar-refractivity contribution < 1.29 is 9.90 Å². The van der Waals surface area contributed by atoms with Crippen molar-refractivity contribution in [2.75, 3.05) is 31.1 Å². The highest BCUT2D eigenvalue weighted by Gasteiger charge is 2.22. The van der Waals surface area contributed by atoms with Crippen LogP contribution in [-0.4, -0.2) is 52.2 Å². The summed E-state index contributed by atoms with van der Waals surface area (Å²) in [5.41, 5.74) is 0.806. The van der Waals surface area contributed by atoms with Gasteiger partial charge in [-0.1, -0.05) is 11.6 Å². The van der Waals surface area contributed by atoms with Gasteiger partial charge in [0, 0.05) is 31.9 Å². The summed E-state index contributed by atoms with van der Waals surface area (Å²) in [6, 6.07) is 1.69. The summed E-state index contributed by atoms with van der Waals surface area (Å²) in [5, 5.41) is 9.25. The van der Waals surface area contributed by atoms with Crippen LogP contribution in [0.25, 0.3) is 0 Å². The van der Waals surface area contributed by atoms with Gasteiger partial charge in [-0.2, -0.15) is 0 Å². The van der Waals surface area contributed by atoms with Crippen molar-refractivity contribution >= 4 is 23.6 Å². The minimum atomic E-state index is -0.882. The highest BCUT2D eigenvalue weighted by molar-refractivity contribution is 6.29. The maximum absolute atomic E-state index is 10.8. The van der Waals surface area contributed by atoms with Crippen molar-refractivity contribution in [3.63, 3.8) is 0 Å². The summed E-state index contributed by atoms with van der Waals surface area (Å²) < 4.78 is 0. The van der Waals surface area contributed by atoms with Gasteiger partial charge in [0.1, 0.15) is 5.15 Å². The van der Waals surface area contributed by atoms with Crippen LogP contribution in [-0.2, 0) is 0 Å². The Hall–Kier alpha value is -1.56. The zero-order valence-electron chi connectivity index (χ0n) is 9.43. The quantitative estimate of drug-likeness (QED) is 0.766. The Kier molecular flexibility index (Phi) is 3.33. The summed E-state index contributed by atoms with van der Waals surface area (Å²) in [4.78, 5) is 22.5. The number of rotatable bonds is 1. The molecule has 6 nitrogen and oxygen atoms in total. The predicted octanol–water partition coefficient (Wildman–Crippen LogP) is 1.24. The third-order valence-electron chi connectivity index (χ3n) is 2.64. The summed E-state index contributed by atoms with van der Waals surface area (Å²) in [6.07, 6.45) is -0.882. The normalized spacial score (nSPS) is 16.1. The first-order valence-corrected chi connectivity index (χ1v) is 5.68. The van der Waals surface area contributed by atoms with E-state index < -0.39 is 6.09 Å². The van der Waals surface area contributed by atoms with E-state index in [0.29, 0.717) is 37.3 Å². The number of carbonyl (C=O) groups is 1. The maximum Gasteiger partial charge on any atom is 0.407 e. The third-order valence-corrected chi connectivity index (χ3v) is 2.84. The van der Waals surface area contributed by atoms with Gasteiger partial charge in [-0.15, -0.1) is 0 Å². The van der Waals surface area contributed by atoms with Gasteiger partial charge in [-0.3, -0.25) is 0 Å². The van der Waals surface area contributed by atoms with E-state index in [1.54, 1.807) is 6.07 Å². The van der Waals surface area contributed by atoms with Crippen LogP contribution in [0.1, 0.15) is 5.69 Å². The molecule has 17 heavy (non-hydrogen) atoms. The molecule has 1 saturated heterocycles. The second-order valence-corrected chi connectivity index (χ2v) is 4.28. The van der Waals surface area contributed by atoms with E-state index >= 15 is 0 Å². The minimum Gasteiger partial charge on any atom is -0.465 e. The molecule has 1 amide bonds. The van der Waals surface area contributed by atoms with Crippen molar-refractivity contribution in [2.24, 2.45) is 0 Å². The summed E-state index contributed by atoms with van der Waals surface area (Å²) in [7, 11) is 0. The lowest BCUT2D eigenvalue weighted by Gasteiger charge is -2.33. The molecular weight excluding hydrogens is 244 g/mol. The molecule has 1 aromatic heterocycles. The molecule has 0 bridgehead atoms. The number of hydrogen-bond acceptors (Lipinski definition) is 4. The fraction of sp³-hybridized carbons (Fsp3) is 0.500. The van der Waals surface area contributed by atoms with Gasteiger partial charge < -0.3 is 14.9 Å². The number of aryl methyl sites for hydroxylation is 1. The maximum atomic E-state index is 10.8. The van der Waals surface area contributed by atoms with Crippen LogP contribution in [0.3, 0.4) is 0 Å². The molecule has 0 aromatic carbocycles. The van der Waals surface area contributed by atoms with Crippen LogP contribution in [0.5, 0.6) is 0 Å². The van der Waals surface area contributed by atoms with E-state index in [1.807, 2.05) is 11.8 Å². The molecule has 2 rings (SSSR count). The number of anilines is 1. The molecule has 0 aliphatic carbocycles. The van der Waals surface area contributed by atoms with Gasteiger partial charge in [-0.25, -0.2) is 14.8 Å². The first-order chi connectivity index (χ1) is 8.06. The van der Waals surface area contributed by atoms with Gasteiger partial charge in [-0.05, 0) is 13.0 Å². The third kappa shape index (κ3) is 2.76. The van der Waals surface area contributed by atoms with Crippen LogP contribution in [0.15, 0.2) is 6.07 Å². The Morgan fingerprint density at radius 2 is 2.00 bits per heavy atom. The zero-order chi connectivity index (χ0) is 12.4. The van der Waals surface area contributed by atoms with Crippen LogP contribution < -0.4 is 4.90 Å². The molecular formula is C10H13ClN4O2. The highest BCUT2D eigenvalue weighted by atomic mass is 35.5. The molecule has 1 aromatic rings. The van der Waals surface area contributed by atoms with Crippen molar-refractivity contribution in [1.82, 2.24) is 14.9 Å². The van der Waals surface area contributed by atoms with Gasteiger partial charge >= 0.3 is 6.09 Å². The van der Waals surface area contributed by atoms with E-state index in [4.69, 9.17) is 16.7 Å². The SMILES string of the molecule is Cc1cc(Cl)nc(N2CCN(C(=O)O)CC2)n1. The zero-order valence-corrected chi connectivity index (χ0v) is 10.2. The number of carboxylic acid groups (broad SMARTS) is 1. The first kappa shape index (κ1) is 11.9. The van der Waals surface area contributed by atoms with Crippen molar-refractivity contribution in [2.45, 2.75) is 6.92 Å². The number of hydrogen-bond donors (Lipinski definition) is 1. The number of piperazine rings is 1. The molecule has 0 atom stereocenters.